The Labute approximate surface area is 105 Å². The first kappa shape index (κ1) is 11.8. The number of benzene rings is 1. The summed E-state index contributed by atoms with van der Waals surface area (Å²) in [6.45, 7) is 0.412. The molecule has 86 valence electrons. The minimum atomic E-state index is -0.213. The molecule has 0 aliphatic carbocycles. The van der Waals surface area contributed by atoms with Crippen LogP contribution in [0.5, 0.6) is 0 Å². The van der Waals surface area contributed by atoms with Gasteiger partial charge in [-0.05, 0) is 0 Å². The molecule has 0 saturated heterocycles. The topological polar surface area (TPSA) is 61.2 Å². The Hall–Kier alpha value is -1.63. The minimum absolute atomic E-state index is 0.0430. The molecule has 0 aromatic heterocycles. The van der Waals surface area contributed by atoms with Crippen LogP contribution in [0.15, 0.2) is 24.3 Å². The van der Waals surface area contributed by atoms with Crippen molar-refractivity contribution < 1.29 is 9.59 Å². The average Bonchev–Trinajstić information content (AvgIpc) is 2.60. The van der Waals surface area contributed by atoms with Gasteiger partial charge in [0.2, 0.25) is 0 Å². The number of amides is 2. The van der Waals surface area contributed by atoms with Crippen LogP contribution in [-0.4, -0.2) is 38.2 Å². The van der Waals surface area contributed by atoms with Crippen LogP contribution in [0, 0.1) is 10.2 Å². The van der Waals surface area contributed by atoms with E-state index in [1.165, 1.54) is 4.90 Å². The van der Waals surface area contributed by atoms with E-state index < -0.39 is 0 Å². The van der Waals surface area contributed by atoms with E-state index in [1.54, 1.807) is 24.3 Å². The number of rotatable bonds is 4. The summed E-state index contributed by atoms with van der Waals surface area (Å²) in [6, 6.07) is 6.86. The fourth-order valence-electron chi connectivity index (χ4n) is 1.78. The van der Waals surface area contributed by atoms with Gasteiger partial charge in [-0.15, -0.1) is 0 Å². The molecule has 4 nitrogen and oxygen atoms in total. The van der Waals surface area contributed by atoms with Crippen LogP contribution in [0.2, 0.25) is 5.32 Å². The molecule has 1 heterocycles. The molecular weight excluding hydrogens is 283 g/mol. The zero-order valence-electron chi connectivity index (χ0n) is 9.05. The van der Waals surface area contributed by atoms with Crippen molar-refractivity contribution in [2.75, 3.05) is 6.54 Å². The number of imide groups is 1. The van der Waals surface area contributed by atoms with Gasteiger partial charge in [0.05, 0.1) is 0 Å². The molecule has 17 heavy (non-hydrogen) atoms. The molecule has 0 atom stereocenters. The monoisotopic (exact) mass is 294 g/mol. The van der Waals surface area contributed by atoms with Crippen LogP contribution in [0.1, 0.15) is 27.1 Å². The summed E-state index contributed by atoms with van der Waals surface area (Å²) in [5.41, 5.74) is 0.978. The third-order valence-corrected chi connectivity index (χ3v) is 3.88. The second-order valence-corrected chi connectivity index (χ2v) is 5.45. The number of hydrogen-bond acceptors (Lipinski definition) is 3. The van der Waals surface area contributed by atoms with Crippen molar-refractivity contribution in [3.8, 4) is 4.97 Å². The molecule has 2 amide bonds. The van der Waals surface area contributed by atoms with Crippen LogP contribution >= 0.6 is 0 Å². The van der Waals surface area contributed by atoms with E-state index in [4.69, 9.17) is 5.26 Å². The first-order valence-electron chi connectivity index (χ1n) is 5.22. The van der Waals surface area contributed by atoms with E-state index >= 15 is 0 Å². The van der Waals surface area contributed by atoms with E-state index in [0.29, 0.717) is 24.1 Å². The Morgan fingerprint density at radius 1 is 1.18 bits per heavy atom. The Bertz CT molecular complexity index is 472. The molecule has 1 aliphatic rings. The first-order chi connectivity index (χ1) is 8.25. The number of carbonyl (C=O) groups excluding carboxylic acids is 2. The van der Waals surface area contributed by atoms with Crippen LogP contribution in [0.4, 0.5) is 0 Å². The Morgan fingerprint density at radius 2 is 1.76 bits per heavy atom. The maximum absolute atomic E-state index is 11.9. The molecule has 2 rings (SSSR count). The molecule has 5 heteroatoms. The summed E-state index contributed by atoms with van der Waals surface area (Å²) >= 11 is -0.0430. The molecule has 0 N–H and O–H groups in total. The van der Waals surface area contributed by atoms with Gasteiger partial charge < -0.3 is 0 Å². The molecule has 1 aromatic carbocycles. The predicted molar refractivity (Wildman–Crippen MR) is 62.6 cm³/mol. The summed E-state index contributed by atoms with van der Waals surface area (Å²) in [4.78, 5) is 27.2. The summed E-state index contributed by atoms with van der Waals surface area (Å²) in [7, 11) is 0. The van der Waals surface area contributed by atoms with Crippen LogP contribution in [0.25, 0.3) is 0 Å². The third-order valence-electron chi connectivity index (χ3n) is 2.57. The average molecular weight is 293 g/mol. The van der Waals surface area contributed by atoms with Crippen molar-refractivity contribution >= 4 is 26.8 Å². The quantitative estimate of drug-likeness (QED) is 0.477. The first-order valence-corrected chi connectivity index (χ1v) is 7.28. The third kappa shape index (κ3) is 2.23. The molecule has 0 fully saturated rings. The Morgan fingerprint density at radius 3 is 2.29 bits per heavy atom. The van der Waals surface area contributed by atoms with Crippen molar-refractivity contribution in [1.29, 1.82) is 5.26 Å². The number of carbonyl (C=O) groups is 2. The van der Waals surface area contributed by atoms with E-state index in [9.17, 15) is 9.59 Å². The summed E-state index contributed by atoms with van der Waals surface area (Å²) < 4.78 is 0. The molecular formula is C12H10N2O2Se. The SMILES string of the molecule is N#C[Se]CCCN1C(=O)c2ccccc2C1=O. The Balaban J connectivity index is 2.06. The molecule has 0 spiro atoms. The van der Waals surface area contributed by atoms with E-state index in [1.807, 2.05) is 0 Å². The van der Waals surface area contributed by atoms with Gasteiger partial charge in [0.15, 0.2) is 0 Å². The normalized spacial score (nSPS) is 13.7. The van der Waals surface area contributed by atoms with Crippen molar-refractivity contribution in [3.63, 3.8) is 0 Å². The zero-order chi connectivity index (χ0) is 12.3. The molecule has 1 aromatic rings. The van der Waals surface area contributed by atoms with Crippen LogP contribution in [-0.2, 0) is 0 Å². The zero-order valence-corrected chi connectivity index (χ0v) is 10.8. The van der Waals surface area contributed by atoms with Gasteiger partial charge in [0.25, 0.3) is 0 Å². The number of nitrogens with zero attached hydrogens (tertiary/aromatic N) is 2. The van der Waals surface area contributed by atoms with Crippen molar-refractivity contribution in [1.82, 2.24) is 4.90 Å². The summed E-state index contributed by atoms with van der Waals surface area (Å²) in [5, 5.41) is 9.21. The Kier molecular flexibility index (Phi) is 3.58. The van der Waals surface area contributed by atoms with Crippen molar-refractivity contribution in [2.45, 2.75) is 11.7 Å². The summed E-state index contributed by atoms with van der Waals surface area (Å²) in [6.07, 6.45) is 0.707. The summed E-state index contributed by atoms with van der Waals surface area (Å²) in [5.74, 6) is -0.426. The second kappa shape index (κ2) is 5.13. The van der Waals surface area contributed by atoms with E-state index in [2.05, 4.69) is 4.97 Å². The fraction of sp³-hybridized carbons (Fsp3) is 0.250. The van der Waals surface area contributed by atoms with Gasteiger partial charge >= 0.3 is 105 Å². The van der Waals surface area contributed by atoms with Gasteiger partial charge in [-0.1, -0.05) is 0 Å². The molecule has 0 unspecified atom stereocenters. The molecule has 0 saturated carbocycles. The van der Waals surface area contributed by atoms with Gasteiger partial charge in [-0.3, -0.25) is 0 Å². The van der Waals surface area contributed by atoms with Crippen LogP contribution < -0.4 is 0 Å². The fourth-order valence-corrected chi connectivity index (χ4v) is 2.55. The van der Waals surface area contributed by atoms with Gasteiger partial charge in [-0.2, -0.15) is 0 Å². The molecule has 1 aliphatic heterocycles. The molecule has 0 bridgehead atoms. The number of fused-ring (bicyclic) bond motifs is 1. The standard InChI is InChI=1S/C12H10N2O2Se/c13-8-17-7-3-6-14-11(15)9-4-1-2-5-10(9)12(14)16/h1-2,4-5H,3,6-7H2. The number of nitriles is 1. The predicted octanol–water partition coefficient (Wildman–Crippen LogP) is 1.28. The van der Waals surface area contributed by atoms with E-state index in [0.717, 1.165) is 5.32 Å². The van der Waals surface area contributed by atoms with E-state index in [-0.39, 0.29) is 26.8 Å². The maximum atomic E-state index is 11.9. The second-order valence-electron chi connectivity index (χ2n) is 3.60. The molecule has 0 radical (unpaired) electrons. The van der Waals surface area contributed by atoms with Crippen molar-refractivity contribution in [3.05, 3.63) is 35.4 Å². The van der Waals surface area contributed by atoms with Crippen molar-refractivity contribution in [2.24, 2.45) is 0 Å². The van der Waals surface area contributed by atoms with Gasteiger partial charge in [0, 0.05) is 0 Å². The van der Waals surface area contributed by atoms with Gasteiger partial charge in [0.1, 0.15) is 0 Å². The number of hydrogen-bond donors (Lipinski definition) is 0. The van der Waals surface area contributed by atoms with Crippen LogP contribution in [0.3, 0.4) is 0 Å². The van der Waals surface area contributed by atoms with Gasteiger partial charge in [-0.25, -0.2) is 0 Å².